The summed E-state index contributed by atoms with van der Waals surface area (Å²) < 4.78 is 11.0. The summed E-state index contributed by atoms with van der Waals surface area (Å²) in [5.41, 5.74) is -1.44. The standard InChI is InChI=1S/C22H26Cl2O4/c1-27-19(25)21-15-7-3-5-10(24)12(7)18-13(15)14-16(22(18,21)20(26)28-2)8-4-6-9(23)11(8)17(14)21/h7-18H,3-6H2,1-2H3/t7-,8-,9+,10+,11-,12-,13+,14+,15-,16+,17+,18-,21-,22-/m1/s1. The summed E-state index contributed by atoms with van der Waals surface area (Å²) >= 11 is 13.7. The molecule has 152 valence electrons. The Kier molecular flexibility index (Phi) is 3.00. The molecule has 0 aromatic rings. The lowest BCUT2D eigenvalue weighted by molar-refractivity contribution is -0.208. The Hall–Kier alpha value is -0.480. The maximum atomic E-state index is 13.7. The van der Waals surface area contributed by atoms with Crippen molar-refractivity contribution in [2.45, 2.75) is 36.4 Å². The fourth-order valence-electron chi connectivity index (χ4n) is 11.6. The second-order valence-electron chi connectivity index (χ2n) is 10.6. The van der Waals surface area contributed by atoms with Crippen molar-refractivity contribution in [1.82, 2.24) is 0 Å². The summed E-state index contributed by atoms with van der Waals surface area (Å²) in [6.07, 6.45) is 4.15. The van der Waals surface area contributed by atoms with E-state index in [0.29, 0.717) is 35.5 Å². The number of halogens is 2. The Balaban J connectivity index is 1.53. The Morgan fingerprint density at radius 3 is 1.43 bits per heavy atom. The van der Waals surface area contributed by atoms with Gasteiger partial charge in [-0.25, -0.2) is 0 Å². The fourth-order valence-corrected chi connectivity index (χ4v) is 12.5. The number of ether oxygens (including phenoxy) is 2. The van der Waals surface area contributed by atoms with E-state index >= 15 is 0 Å². The van der Waals surface area contributed by atoms with E-state index in [1.807, 2.05) is 0 Å². The highest BCUT2D eigenvalue weighted by Gasteiger charge is 3.01. The van der Waals surface area contributed by atoms with E-state index < -0.39 is 10.8 Å². The molecule has 6 heteroatoms. The highest BCUT2D eigenvalue weighted by molar-refractivity contribution is 6.21. The van der Waals surface area contributed by atoms with Crippen molar-refractivity contribution in [2.24, 2.45) is 70.0 Å². The molecule has 8 aliphatic carbocycles. The minimum Gasteiger partial charge on any atom is -0.469 e. The lowest BCUT2D eigenvalue weighted by Gasteiger charge is -2.58. The molecule has 4 nitrogen and oxygen atoms in total. The van der Waals surface area contributed by atoms with Crippen LogP contribution >= 0.6 is 23.2 Å². The number of rotatable bonds is 2. The Morgan fingerprint density at radius 2 is 1.07 bits per heavy atom. The third-order valence-electron chi connectivity index (χ3n) is 11.1. The van der Waals surface area contributed by atoms with E-state index in [1.165, 1.54) is 14.2 Å². The maximum absolute atomic E-state index is 13.7. The smallest absolute Gasteiger partial charge is 0.313 e. The van der Waals surface area contributed by atoms with Gasteiger partial charge in [-0.05, 0) is 84.9 Å². The van der Waals surface area contributed by atoms with Gasteiger partial charge in [0.25, 0.3) is 0 Å². The van der Waals surface area contributed by atoms with Crippen LogP contribution < -0.4 is 0 Å². The van der Waals surface area contributed by atoms with Gasteiger partial charge in [0, 0.05) is 10.8 Å². The first-order valence-corrected chi connectivity index (χ1v) is 11.8. The number of carbonyl (C=O) groups excluding carboxylic acids is 2. The SMILES string of the molecule is COC(=O)[C@]12[C@@H]3[C@H]4[C@@H]5[C@@H]([C@@H]6[C@@H](CC[C@@H]6Cl)[C@H]51)[C@@]2(C(=O)OC)[C@H]4[C@@H]1CC[C@H](Cl)[C@@H]13. The molecule has 0 aromatic heterocycles. The van der Waals surface area contributed by atoms with Crippen LogP contribution in [0.2, 0.25) is 0 Å². The summed E-state index contributed by atoms with van der Waals surface area (Å²) in [4.78, 5) is 27.4. The van der Waals surface area contributed by atoms with Gasteiger partial charge < -0.3 is 9.47 Å². The predicted octanol–water partition coefficient (Wildman–Crippen LogP) is 3.34. The molecule has 0 aromatic carbocycles. The second kappa shape index (κ2) is 4.88. The van der Waals surface area contributed by atoms with Gasteiger partial charge in [-0.1, -0.05) is 0 Å². The Morgan fingerprint density at radius 1 is 0.679 bits per heavy atom. The van der Waals surface area contributed by atoms with Crippen molar-refractivity contribution >= 4 is 35.1 Å². The zero-order chi connectivity index (χ0) is 19.3. The summed E-state index contributed by atoms with van der Waals surface area (Å²) in [7, 11) is 2.99. The van der Waals surface area contributed by atoms with E-state index in [4.69, 9.17) is 32.7 Å². The van der Waals surface area contributed by atoms with Gasteiger partial charge in [-0.2, -0.15) is 0 Å². The van der Waals surface area contributed by atoms with Gasteiger partial charge >= 0.3 is 11.9 Å². The number of methoxy groups -OCH3 is 2. The monoisotopic (exact) mass is 424 g/mol. The molecule has 14 atom stereocenters. The van der Waals surface area contributed by atoms with E-state index in [1.54, 1.807) is 0 Å². The van der Waals surface area contributed by atoms with Crippen molar-refractivity contribution in [2.75, 3.05) is 14.2 Å². The average Bonchev–Trinajstić information content (AvgIpc) is 3.49. The van der Waals surface area contributed by atoms with Crippen molar-refractivity contribution < 1.29 is 19.1 Å². The minimum absolute atomic E-state index is 0.123. The van der Waals surface area contributed by atoms with Crippen molar-refractivity contribution in [3.8, 4) is 0 Å². The molecule has 28 heavy (non-hydrogen) atoms. The molecule has 8 rings (SSSR count). The first-order valence-electron chi connectivity index (χ1n) is 10.9. The van der Waals surface area contributed by atoms with Crippen molar-refractivity contribution in [3.63, 3.8) is 0 Å². The number of alkyl halides is 2. The summed E-state index contributed by atoms with van der Waals surface area (Å²) in [6.45, 7) is 0. The van der Waals surface area contributed by atoms with Gasteiger partial charge in [-0.3, -0.25) is 9.59 Å². The summed E-state index contributed by atoms with van der Waals surface area (Å²) in [5, 5.41) is 0.246. The van der Waals surface area contributed by atoms with Gasteiger partial charge in [0.05, 0.1) is 25.0 Å². The number of hydrogen-bond donors (Lipinski definition) is 0. The molecule has 0 saturated heterocycles. The molecule has 0 spiro atoms. The van der Waals surface area contributed by atoms with E-state index in [0.717, 1.165) is 25.7 Å². The predicted molar refractivity (Wildman–Crippen MR) is 102 cm³/mol. The number of carbonyl (C=O) groups is 2. The summed E-state index contributed by atoms with van der Waals surface area (Å²) in [5.74, 6) is 3.01. The maximum Gasteiger partial charge on any atom is 0.313 e. The largest absolute Gasteiger partial charge is 0.469 e. The molecule has 8 fully saturated rings. The van der Waals surface area contributed by atoms with Crippen LogP contribution in [0.5, 0.6) is 0 Å². The molecule has 0 N–H and O–H groups in total. The van der Waals surface area contributed by atoms with Crippen LogP contribution in [0, 0.1) is 70.0 Å². The quantitative estimate of drug-likeness (QED) is 0.503. The zero-order valence-electron chi connectivity index (χ0n) is 16.1. The topological polar surface area (TPSA) is 52.6 Å². The molecule has 8 saturated carbocycles. The minimum atomic E-state index is -0.722. The molecule has 0 heterocycles. The van der Waals surface area contributed by atoms with Crippen LogP contribution in [0.4, 0.5) is 0 Å². The Bertz CT molecular complexity index is 750. The van der Waals surface area contributed by atoms with Crippen molar-refractivity contribution in [1.29, 1.82) is 0 Å². The molecular formula is C22H26Cl2O4. The van der Waals surface area contributed by atoms with Crippen LogP contribution in [0.25, 0.3) is 0 Å². The van der Waals surface area contributed by atoms with E-state index in [-0.39, 0.29) is 46.4 Å². The first kappa shape index (κ1) is 17.2. The van der Waals surface area contributed by atoms with Crippen LogP contribution in [0.15, 0.2) is 0 Å². The van der Waals surface area contributed by atoms with Crippen molar-refractivity contribution in [3.05, 3.63) is 0 Å². The third-order valence-corrected chi connectivity index (χ3v) is 12.1. The lowest BCUT2D eigenvalue weighted by Crippen LogP contribution is -2.66. The molecule has 8 bridgehead atoms. The van der Waals surface area contributed by atoms with Gasteiger partial charge in [0.1, 0.15) is 0 Å². The number of hydrogen-bond acceptors (Lipinski definition) is 4. The van der Waals surface area contributed by atoms with Crippen LogP contribution in [-0.2, 0) is 19.1 Å². The van der Waals surface area contributed by atoms with Gasteiger partial charge in [-0.15, -0.1) is 23.2 Å². The number of esters is 2. The van der Waals surface area contributed by atoms with Crippen LogP contribution in [0.3, 0.4) is 0 Å². The molecule has 0 aliphatic heterocycles. The third kappa shape index (κ3) is 1.26. The number of fused-ring (bicyclic) bond motifs is 2. The normalized spacial score (nSPS) is 65.9. The molecule has 0 radical (unpaired) electrons. The highest BCUT2D eigenvalue weighted by atomic mass is 35.5. The van der Waals surface area contributed by atoms with E-state index in [9.17, 15) is 9.59 Å². The van der Waals surface area contributed by atoms with Gasteiger partial charge in [0.15, 0.2) is 0 Å². The van der Waals surface area contributed by atoms with Crippen LogP contribution in [-0.4, -0.2) is 36.9 Å². The van der Waals surface area contributed by atoms with E-state index in [2.05, 4.69) is 0 Å². The zero-order valence-corrected chi connectivity index (χ0v) is 17.7. The van der Waals surface area contributed by atoms with Crippen LogP contribution in [0.1, 0.15) is 25.7 Å². The Labute approximate surface area is 175 Å². The second-order valence-corrected chi connectivity index (χ2v) is 11.8. The fraction of sp³-hybridized carbons (Fsp3) is 0.909. The molecule has 0 unspecified atom stereocenters. The van der Waals surface area contributed by atoms with Gasteiger partial charge in [0.2, 0.25) is 0 Å². The first-order chi connectivity index (χ1) is 13.5. The molecule has 0 amide bonds. The summed E-state index contributed by atoms with van der Waals surface area (Å²) in [6, 6.07) is 0. The molecular weight excluding hydrogens is 399 g/mol. The molecule has 8 aliphatic rings. The average molecular weight is 425 g/mol. The lowest BCUT2D eigenvalue weighted by atomic mass is 9.43. The highest BCUT2D eigenvalue weighted by Crippen LogP contribution is 2.97.